The van der Waals surface area contributed by atoms with E-state index in [9.17, 15) is 0 Å². The molecule has 0 bridgehead atoms. The molecule has 0 aliphatic rings. The van der Waals surface area contributed by atoms with Crippen molar-refractivity contribution in [2.24, 2.45) is 0 Å². The minimum absolute atomic E-state index is 0.0906. The third-order valence-electron chi connectivity index (χ3n) is 3.14. The third kappa shape index (κ3) is 6.63. The molecule has 136 valence electrons. The van der Waals surface area contributed by atoms with Crippen molar-refractivity contribution >= 4 is 40.6 Å². The Morgan fingerprint density at radius 1 is 0.923 bits per heavy atom. The van der Waals surface area contributed by atoms with Gasteiger partial charge in [0.15, 0.2) is 0 Å². The van der Waals surface area contributed by atoms with Gasteiger partial charge in [0.2, 0.25) is 0 Å². The number of halogens is 3. The minimum Gasteiger partial charge on any atom is -0.497 e. The van der Waals surface area contributed by atoms with Crippen LogP contribution >= 0.6 is 34.8 Å². The summed E-state index contributed by atoms with van der Waals surface area (Å²) in [5.74, 6) is 1.48. The van der Waals surface area contributed by atoms with E-state index < -0.39 is 0 Å². The Morgan fingerprint density at radius 3 is 2.08 bits per heavy atom. The molecule has 3 rings (SSSR count). The lowest BCUT2D eigenvalue weighted by Crippen LogP contribution is -2.08. The van der Waals surface area contributed by atoms with Gasteiger partial charge < -0.3 is 10.1 Å². The maximum absolute atomic E-state index is 5.79. The van der Waals surface area contributed by atoms with E-state index >= 15 is 0 Å². The summed E-state index contributed by atoms with van der Waals surface area (Å²) in [7, 11) is 1.65. The second-order valence-corrected chi connectivity index (χ2v) is 6.20. The number of methoxy groups -OCH3 is 1. The van der Waals surface area contributed by atoms with Crippen LogP contribution in [0.3, 0.4) is 0 Å². The number of nitrogens with zero attached hydrogens (tertiary/aromatic N) is 4. The SMILES string of the molecule is COc1cccc([C@@H](C)Nc2cncc(Cl)n2)c1.Clc1cncc(Cl)n1. The van der Waals surface area contributed by atoms with Gasteiger partial charge in [0, 0.05) is 0 Å². The van der Waals surface area contributed by atoms with Crippen LogP contribution in [-0.2, 0) is 0 Å². The topological polar surface area (TPSA) is 72.8 Å². The van der Waals surface area contributed by atoms with Crippen molar-refractivity contribution in [3.63, 3.8) is 0 Å². The molecule has 0 unspecified atom stereocenters. The van der Waals surface area contributed by atoms with E-state index in [0.29, 0.717) is 21.3 Å². The minimum atomic E-state index is 0.0906. The molecule has 0 spiro atoms. The average molecular weight is 413 g/mol. The number of hydrogen-bond acceptors (Lipinski definition) is 6. The van der Waals surface area contributed by atoms with E-state index in [1.165, 1.54) is 18.6 Å². The number of hydrogen-bond donors (Lipinski definition) is 1. The molecule has 26 heavy (non-hydrogen) atoms. The Bertz CT molecular complexity index is 833. The van der Waals surface area contributed by atoms with Crippen LogP contribution in [0.5, 0.6) is 5.75 Å². The van der Waals surface area contributed by atoms with E-state index in [1.54, 1.807) is 13.3 Å². The van der Waals surface area contributed by atoms with Gasteiger partial charge in [0.25, 0.3) is 0 Å². The number of nitrogens with one attached hydrogen (secondary N) is 1. The molecule has 0 amide bonds. The number of rotatable bonds is 4. The second-order valence-electron chi connectivity index (χ2n) is 5.03. The maximum atomic E-state index is 5.79. The quantitative estimate of drug-likeness (QED) is 0.643. The molecule has 0 radical (unpaired) electrons. The lowest BCUT2D eigenvalue weighted by molar-refractivity contribution is 0.414. The van der Waals surface area contributed by atoms with E-state index in [-0.39, 0.29) is 6.04 Å². The normalized spacial score (nSPS) is 11.1. The Balaban J connectivity index is 0.000000254. The van der Waals surface area contributed by atoms with Crippen molar-refractivity contribution < 1.29 is 4.74 Å². The van der Waals surface area contributed by atoms with Crippen LogP contribution in [0.1, 0.15) is 18.5 Å². The molecular weight excluding hydrogens is 397 g/mol. The molecule has 6 nitrogen and oxygen atoms in total. The van der Waals surface area contributed by atoms with Crippen LogP contribution in [0.2, 0.25) is 15.5 Å². The largest absolute Gasteiger partial charge is 0.497 e. The molecule has 1 aromatic carbocycles. The first kappa shape index (κ1) is 20.2. The Kier molecular flexibility index (Phi) is 7.84. The van der Waals surface area contributed by atoms with Gasteiger partial charge in [0.05, 0.1) is 37.9 Å². The van der Waals surface area contributed by atoms with Crippen molar-refractivity contribution in [2.75, 3.05) is 12.4 Å². The maximum Gasteiger partial charge on any atom is 0.149 e. The monoisotopic (exact) mass is 411 g/mol. The Hall–Kier alpha value is -2.15. The van der Waals surface area contributed by atoms with Crippen LogP contribution in [0.15, 0.2) is 49.1 Å². The summed E-state index contributed by atoms with van der Waals surface area (Å²) in [5.41, 5.74) is 1.11. The highest BCUT2D eigenvalue weighted by molar-refractivity contribution is 6.32. The summed E-state index contributed by atoms with van der Waals surface area (Å²) < 4.78 is 5.20. The first-order chi connectivity index (χ1) is 12.5. The van der Waals surface area contributed by atoms with Crippen LogP contribution in [-0.4, -0.2) is 27.0 Å². The highest BCUT2D eigenvalue weighted by Gasteiger charge is 2.07. The van der Waals surface area contributed by atoms with Gasteiger partial charge in [-0.25, -0.2) is 9.97 Å². The highest BCUT2D eigenvalue weighted by atomic mass is 35.5. The van der Waals surface area contributed by atoms with Crippen LogP contribution < -0.4 is 10.1 Å². The van der Waals surface area contributed by atoms with Crippen LogP contribution in [0, 0.1) is 0 Å². The lowest BCUT2D eigenvalue weighted by atomic mass is 10.1. The lowest BCUT2D eigenvalue weighted by Gasteiger charge is -2.15. The first-order valence-corrected chi connectivity index (χ1v) is 8.62. The summed E-state index contributed by atoms with van der Waals surface area (Å²) in [6, 6.07) is 7.96. The molecular formula is C17H16Cl3N5O. The van der Waals surface area contributed by atoms with Crippen molar-refractivity contribution in [1.82, 2.24) is 19.9 Å². The van der Waals surface area contributed by atoms with Gasteiger partial charge in [-0.05, 0) is 24.6 Å². The van der Waals surface area contributed by atoms with Crippen molar-refractivity contribution in [3.05, 3.63) is 70.1 Å². The van der Waals surface area contributed by atoms with E-state index in [4.69, 9.17) is 39.5 Å². The van der Waals surface area contributed by atoms with Gasteiger partial charge >= 0.3 is 0 Å². The van der Waals surface area contributed by atoms with Gasteiger partial charge in [-0.15, -0.1) is 0 Å². The molecule has 0 saturated carbocycles. The summed E-state index contributed by atoms with van der Waals surface area (Å²) in [6.45, 7) is 2.04. The van der Waals surface area contributed by atoms with Gasteiger partial charge in [-0.2, -0.15) is 0 Å². The third-order valence-corrected chi connectivity index (χ3v) is 3.69. The van der Waals surface area contributed by atoms with Gasteiger partial charge in [-0.3, -0.25) is 9.97 Å². The highest BCUT2D eigenvalue weighted by Crippen LogP contribution is 2.22. The summed E-state index contributed by atoms with van der Waals surface area (Å²) in [4.78, 5) is 15.4. The van der Waals surface area contributed by atoms with Crippen LogP contribution in [0.4, 0.5) is 5.82 Å². The zero-order valence-electron chi connectivity index (χ0n) is 14.0. The van der Waals surface area contributed by atoms with Crippen molar-refractivity contribution in [1.29, 1.82) is 0 Å². The molecule has 0 fully saturated rings. The van der Waals surface area contributed by atoms with Gasteiger partial charge in [0.1, 0.15) is 27.0 Å². The number of aromatic nitrogens is 4. The molecule has 9 heteroatoms. The molecule has 3 aromatic rings. The Labute approximate surface area is 166 Å². The predicted molar refractivity (Wildman–Crippen MR) is 104 cm³/mol. The standard InChI is InChI=1S/C13H14ClN3O.C4H2Cl2N2/c1-9(10-4-3-5-11(6-10)18-2)16-13-8-15-7-12(14)17-13;5-3-1-7-2-4(6)8-3/h3-9H,1-2H3,(H,16,17);1-2H/t9-;/m1./s1. The molecule has 1 N–H and O–H groups in total. The van der Waals surface area contributed by atoms with E-state index in [0.717, 1.165) is 11.3 Å². The molecule has 1 atom stereocenters. The second kappa shape index (κ2) is 10.1. The number of ether oxygens (including phenoxy) is 1. The van der Waals surface area contributed by atoms with Gasteiger partial charge in [-0.1, -0.05) is 46.9 Å². The average Bonchev–Trinajstić information content (AvgIpc) is 2.62. The van der Waals surface area contributed by atoms with Crippen molar-refractivity contribution in [2.45, 2.75) is 13.0 Å². The molecule has 0 saturated heterocycles. The number of anilines is 1. The zero-order chi connectivity index (χ0) is 18.9. The molecule has 2 aromatic heterocycles. The Morgan fingerprint density at radius 2 is 1.54 bits per heavy atom. The number of benzene rings is 1. The summed E-state index contributed by atoms with van der Waals surface area (Å²) in [6.07, 6.45) is 5.99. The van der Waals surface area contributed by atoms with E-state index in [1.807, 2.05) is 31.2 Å². The predicted octanol–water partition coefficient (Wildman–Crippen LogP) is 5.10. The fourth-order valence-corrected chi connectivity index (χ4v) is 2.43. The fraction of sp³-hybridized carbons (Fsp3) is 0.176. The smallest absolute Gasteiger partial charge is 0.149 e. The zero-order valence-corrected chi connectivity index (χ0v) is 16.3. The summed E-state index contributed by atoms with van der Waals surface area (Å²) in [5, 5.41) is 4.24. The molecule has 0 aliphatic carbocycles. The fourth-order valence-electron chi connectivity index (χ4n) is 1.95. The van der Waals surface area contributed by atoms with E-state index in [2.05, 4.69) is 25.3 Å². The van der Waals surface area contributed by atoms with Crippen molar-refractivity contribution in [3.8, 4) is 5.75 Å². The van der Waals surface area contributed by atoms with Crippen LogP contribution in [0.25, 0.3) is 0 Å². The molecule has 2 heterocycles. The molecule has 0 aliphatic heterocycles. The first-order valence-electron chi connectivity index (χ1n) is 7.49. The summed E-state index contributed by atoms with van der Waals surface area (Å²) >= 11 is 16.6.